The number of pyridine rings is 1. The highest BCUT2D eigenvalue weighted by molar-refractivity contribution is 6.73. The van der Waals surface area contributed by atoms with Crippen molar-refractivity contribution in [3.05, 3.63) is 18.3 Å². The highest BCUT2D eigenvalue weighted by Crippen LogP contribution is 2.18. The molecule has 0 spiro atoms. The summed E-state index contributed by atoms with van der Waals surface area (Å²) in [5.41, 5.74) is -0.563. The van der Waals surface area contributed by atoms with E-state index in [0.29, 0.717) is 5.82 Å². The molecule has 2 heterocycles. The second-order valence-electron chi connectivity index (χ2n) is 3.72. The second-order valence-corrected chi connectivity index (χ2v) is 3.72. The monoisotopic (exact) mass is 215 g/mol. The topological polar surface area (TPSA) is 16.1 Å². The fraction of sp³-hybridized carbons (Fsp3) is 0.444. The Balaban J connectivity index is 2.26. The van der Waals surface area contributed by atoms with Gasteiger partial charge < -0.3 is 17.8 Å². The van der Waals surface area contributed by atoms with Gasteiger partial charge in [-0.05, 0) is 18.9 Å². The van der Waals surface area contributed by atoms with Crippen LogP contribution in [0.15, 0.2) is 18.3 Å². The lowest BCUT2D eigenvalue weighted by atomic mass is 9.81. The third-order valence-electron chi connectivity index (χ3n) is 2.58. The molecule has 0 radical (unpaired) electrons. The van der Waals surface area contributed by atoms with Crippen LogP contribution in [0.1, 0.15) is 12.8 Å². The van der Waals surface area contributed by atoms with Crippen LogP contribution in [0.3, 0.4) is 0 Å². The predicted octanol–water partition coefficient (Wildman–Crippen LogP) is 1.74. The molecule has 0 unspecified atom stereocenters. The Morgan fingerprint density at radius 2 is 1.87 bits per heavy atom. The van der Waals surface area contributed by atoms with Gasteiger partial charge in [0.15, 0.2) is 0 Å². The molecule has 6 heteroatoms. The second kappa shape index (κ2) is 3.75. The molecule has 1 fully saturated rings. The number of rotatable bonds is 2. The summed E-state index contributed by atoms with van der Waals surface area (Å²) in [6.45, 7) is -3.30. The number of anilines is 1. The smallest absolute Gasteiger partial charge is 0.445 e. The van der Waals surface area contributed by atoms with Crippen molar-refractivity contribution in [2.24, 2.45) is 0 Å². The maximum absolute atomic E-state index is 12.5. The number of aromatic nitrogens is 1. The van der Waals surface area contributed by atoms with Crippen molar-refractivity contribution in [1.82, 2.24) is 4.98 Å². The first-order valence-corrected chi connectivity index (χ1v) is 4.98. The molecule has 1 aromatic heterocycles. The molecule has 1 aliphatic rings. The number of hydrogen-bond donors (Lipinski definition) is 0. The van der Waals surface area contributed by atoms with E-state index in [1.165, 1.54) is 6.20 Å². The maximum atomic E-state index is 12.5. The summed E-state index contributed by atoms with van der Waals surface area (Å²) in [6, 6.07) is 2.17. The largest absolute Gasteiger partial charge is 0.509 e. The van der Waals surface area contributed by atoms with E-state index in [-0.39, 0.29) is 0 Å². The van der Waals surface area contributed by atoms with Gasteiger partial charge in [0.1, 0.15) is 5.82 Å². The van der Waals surface area contributed by atoms with Crippen molar-refractivity contribution < 1.29 is 12.9 Å². The van der Waals surface area contributed by atoms with Crippen LogP contribution in [0.4, 0.5) is 18.8 Å². The van der Waals surface area contributed by atoms with Gasteiger partial charge in [-0.1, -0.05) is 6.07 Å². The molecular weight excluding hydrogens is 204 g/mol. The first kappa shape index (κ1) is 10.3. The van der Waals surface area contributed by atoms with Crippen LogP contribution in [0.25, 0.3) is 0 Å². The summed E-state index contributed by atoms with van der Waals surface area (Å²) in [4.78, 5) is 5.86. The van der Waals surface area contributed by atoms with Crippen LogP contribution in [0, 0.1) is 0 Å². The van der Waals surface area contributed by atoms with E-state index in [1.807, 2.05) is 4.90 Å². The predicted molar refractivity (Wildman–Crippen MR) is 54.4 cm³/mol. The number of hydrogen-bond acceptors (Lipinski definition) is 2. The lowest BCUT2D eigenvalue weighted by molar-refractivity contribution is 0.501. The van der Waals surface area contributed by atoms with Gasteiger partial charge in [0.05, 0.1) is 0 Å². The summed E-state index contributed by atoms with van der Waals surface area (Å²) in [5, 5.41) is 0. The highest BCUT2D eigenvalue weighted by Gasteiger charge is 2.26. The Kier molecular flexibility index (Phi) is 2.58. The summed E-state index contributed by atoms with van der Waals surface area (Å²) in [6.07, 6.45) is 3.30. The normalized spacial score (nSPS) is 17.1. The Bertz CT molecular complexity index is 347. The molecule has 1 aliphatic heterocycles. The van der Waals surface area contributed by atoms with Gasteiger partial charge in [0.2, 0.25) is 0 Å². The van der Waals surface area contributed by atoms with Gasteiger partial charge in [-0.15, -0.1) is 5.46 Å². The van der Waals surface area contributed by atoms with Crippen molar-refractivity contribution in [3.63, 3.8) is 0 Å². The SMILES string of the molecule is F[B-](F)(F)c1ccnc(N2CCCC2)c1. The molecule has 0 atom stereocenters. The average Bonchev–Trinajstić information content (AvgIpc) is 2.69. The Hall–Kier alpha value is -1.20. The van der Waals surface area contributed by atoms with E-state index in [4.69, 9.17) is 0 Å². The minimum absolute atomic E-state index is 0.448. The molecule has 0 amide bonds. The van der Waals surface area contributed by atoms with Gasteiger partial charge in [0.25, 0.3) is 0 Å². The third kappa shape index (κ3) is 2.24. The highest BCUT2D eigenvalue weighted by atomic mass is 19.4. The van der Waals surface area contributed by atoms with Gasteiger partial charge in [-0.2, -0.15) is 0 Å². The van der Waals surface area contributed by atoms with E-state index in [1.54, 1.807) is 0 Å². The van der Waals surface area contributed by atoms with E-state index >= 15 is 0 Å². The Labute approximate surface area is 86.2 Å². The minimum atomic E-state index is -4.91. The van der Waals surface area contributed by atoms with Crippen molar-refractivity contribution in [2.45, 2.75) is 12.8 Å². The van der Waals surface area contributed by atoms with Crippen molar-refractivity contribution in [3.8, 4) is 0 Å². The first-order chi connectivity index (χ1) is 7.07. The quantitative estimate of drug-likeness (QED) is 0.698. The van der Waals surface area contributed by atoms with E-state index < -0.39 is 12.4 Å². The first-order valence-electron chi connectivity index (χ1n) is 4.98. The van der Waals surface area contributed by atoms with Gasteiger partial charge in [-0.25, -0.2) is 4.98 Å². The fourth-order valence-corrected chi connectivity index (χ4v) is 1.76. The molecule has 0 aromatic carbocycles. The molecule has 0 saturated carbocycles. The molecule has 82 valence electrons. The van der Waals surface area contributed by atoms with Crippen LogP contribution < -0.4 is 10.4 Å². The molecular formula is C9H11BF3N2-. The van der Waals surface area contributed by atoms with Crippen LogP contribution in [0.5, 0.6) is 0 Å². The van der Waals surface area contributed by atoms with Crippen molar-refractivity contribution in [1.29, 1.82) is 0 Å². The molecule has 0 N–H and O–H groups in total. The minimum Gasteiger partial charge on any atom is -0.445 e. The van der Waals surface area contributed by atoms with E-state index in [2.05, 4.69) is 4.98 Å². The maximum Gasteiger partial charge on any atom is 0.509 e. The molecule has 2 rings (SSSR count). The standard InChI is InChI=1S/C9H11BF3N2/c11-10(12,13)8-3-4-14-9(7-8)15-5-1-2-6-15/h3-4,7H,1-2,5-6H2/q-1. The molecule has 1 saturated heterocycles. The van der Waals surface area contributed by atoms with Crippen molar-refractivity contribution in [2.75, 3.05) is 18.0 Å². The van der Waals surface area contributed by atoms with Crippen molar-refractivity contribution >= 4 is 18.3 Å². The average molecular weight is 215 g/mol. The van der Waals surface area contributed by atoms with Crippen LogP contribution >= 0.6 is 0 Å². The molecule has 2 nitrogen and oxygen atoms in total. The molecule has 0 bridgehead atoms. The fourth-order valence-electron chi connectivity index (χ4n) is 1.76. The lowest BCUT2D eigenvalue weighted by Crippen LogP contribution is -2.35. The van der Waals surface area contributed by atoms with E-state index in [9.17, 15) is 12.9 Å². The van der Waals surface area contributed by atoms with Gasteiger partial charge in [0, 0.05) is 19.3 Å². The van der Waals surface area contributed by atoms with Crippen LogP contribution in [-0.2, 0) is 0 Å². The Morgan fingerprint density at radius 1 is 1.20 bits per heavy atom. The van der Waals surface area contributed by atoms with E-state index in [0.717, 1.165) is 38.1 Å². The third-order valence-corrected chi connectivity index (χ3v) is 2.58. The van der Waals surface area contributed by atoms with Gasteiger partial charge in [-0.3, -0.25) is 0 Å². The zero-order valence-electron chi connectivity index (χ0n) is 8.17. The summed E-state index contributed by atoms with van der Waals surface area (Å²) >= 11 is 0. The summed E-state index contributed by atoms with van der Waals surface area (Å²) < 4.78 is 37.4. The summed E-state index contributed by atoms with van der Waals surface area (Å²) in [5.74, 6) is 0.448. The Morgan fingerprint density at radius 3 is 2.47 bits per heavy atom. The lowest BCUT2D eigenvalue weighted by Gasteiger charge is -2.20. The molecule has 15 heavy (non-hydrogen) atoms. The molecule has 1 aromatic rings. The van der Waals surface area contributed by atoms with Gasteiger partial charge >= 0.3 is 6.98 Å². The molecule has 0 aliphatic carbocycles. The van der Waals surface area contributed by atoms with Crippen LogP contribution in [0.2, 0.25) is 0 Å². The summed E-state index contributed by atoms with van der Waals surface area (Å²) in [7, 11) is 0. The zero-order chi connectivity index (χ0) is 10.9. The number of halogens is 3. The van der Waals surface area contributed by atoms with Crippen LogP contribution in [-0.4, -0.2) is 25.1 Å². The number of nitrogens with zero attached hydrogens (tertiary/aromatic N) is 2. The zero-order valence-corrected chi connectivity index (χ0v) is 8.17.